The lowest BCUT2D eigenvalue weighted by molar-refractivity contribution is -0.140. The first kappa shape index (κ1) is 55.3. The zero-order chi connectivity index (χ0) is 47.3. The summed E-state index contributed by atoms with van der Waals surface area (Å²) in [4.78, 5) is 82.4. The maximum Gasteiger partial charge on any atom is 0.317 e. The molecule has 0 radical (unpaired) electrons. The van der Waals surface area contributed by atoms with Crippen LogP contribution in [0.2, 0.25) is 0 Å². The summed E-state index contributed by atoms with van der Waals surface area (Å²) in [5.41, 5.74) is 1.03. The number of benzene rings is 1. The van der Waals surface area contributed by atoms with Gasteiger partial charge in [-0.1, -0.05) is 6.92 Å². The largest absolute Gasteiger partial charge is 0.768 e. The molecule has 10 N–H and O–H groups in total. The number of carboxylic acid groups (broad SMARTS) is 2. The summed E-state index contributed by atoms with van der Waals surface area (Å²) in [6, 6.07) is -0.387. The van der Waals surface area contributed by atoms with E-state index < -0.39 is 92.2 Å². The number of ether oxygens (including phenoxy) is 1. The van der Waals surface area contributed by atoms with Crippen LogP contribution in [0.1, 0.15) is 30.9 Å². The van der Waals surface area contributed by atoms with Gasteiger partial charge in [0.25, 0.3) is 0 Å². The Bertz CT molecular complexity index is 1730. The molecule has 0 aliphatic carbocycles. The van der Waals surface area contributed by atoms with Gasteiger partial charge in [0.05, 0.1) is 48.6 Å². The number of amides is 4. The van der Waals surface area contributed by atoms with Crippen molar-refractivity contribution < 1.29 is 74.9 Å². The first-order chi connectivity index (χ1) is 29.6. The highest BCUT2D eigenvalue weighted by Crippen LogP contribution is 2.33. The number of carbonyl (C=O) groups excluding carboxylic acids is 4. The van der Waals surface area contributed by atoms with Crippen LogP contribution in [0, 0.1) is 13.8 Å². The minimum atomic E-state index is -4.43. The van der Waals surface area contributed by atoms with E-state index in [4.69, 9.17) is 4.74 Å². The van der Waals surface area contributed by atoms with Crippen molar-refractivity contribution in [3.63, 3.8) is 0 Å². The summed E-state index contributed by atoms with van der Waals surface area (Å²) in [5.74, 6) is -6.98. The molecule has 1 aromatic rings. The number of hydrogen-bond donors (Lipinski definition) is 10. The number of nitrogens with one attached hydrogen (secondary N) is 4. The molecular weight excluding hydrogens is 897 g/mol. The third-order valence-corrected chi connectivity index (χ3v) is 12.0. The molecule has 24 nitrogen and oxygen atoms in total. The standard InChI is InChI=1S/C36H62N8O16S3/c1-4-41-9-11-42(13-14-44(22-33(49)50)16-15-43(12-10-41)21-32(47)48)20-31(46)39-29(24-63(57,58)59)36(52)40-28(23-61(53)54)35(51)38-8-7-37-30(45)6-5-17-60-27-18-25(2)34(62(55)56)26(3)19-27/h18-19,28-29,57-59H,4-17,20-24H2,1-3H3,(H,37,45)(H,38,51)(H,39,46)(H,40,52)(H,47,48)(H,49,50)(H,53,54)(H,55,56)/p-1. The van der Waals surface area contributed by atoms with E-state index in [9.17, 15) is 70.2 Å². The van der Waals surface area contributed by atoms with E-state index in [0.29, 0.717) is 49.5 Å². The third-order valence-electron chi connectivity index (χ3n) is 9.61. The molecule has 1 fully saturated rings. The number of rotatable bonds is 24. The number of nitrogens with zero attached hydrogens (tertiary/aromatic N) is 4. The second-order valence-electron chi connectivity index (χ2n) is 14.7. The number of likely N-dealkylation sites (N-methyl/N-ethyl adjacent to an activating group) is 1. The van der Waals surface area contributed by atoms with E-state index in [0.717, 1.165) is 0 Å². The van der Waals surface area contributed by atoms with Crippen molar-refractivity contribution in [2.24, 2.45) is 0 Å². The van der Waals surface area contributed by atoms with Crippen LogP contribution in [0.3, 0.4) is 0 Å². The molecule has 4 atom stereocenters. The molecule has 2 rings (SSSR count). The molecule has 1 aromatic carbocycles. The van der Waals surface area contributed by atoms with E-state index >= 15 is 0 Å². The summed E-state index contributed by atoms with van der Waals surface area (Å²) < 4.78 is 79.3. The van der Waals surface area contributed by atoms with Crippen molar-refractivity contribution in [2.75, 3.05) is 110 Å². The van der Waals surface area contributed by atoms with Crippen molar-refractivity contribution in [2.45, 2.75) is 50.6 Å². The molecule has 1 saturated heterocycles. The van der Waals surface area contributed by atoms with Gasteiger partial charge in [-0.15, -0.1) is 0 Å². The molecule has 0 spiro atoms. The number of hydrogen-bond acceptors (Lipinski definition) is 17. The SMILES string of the molecule is CCN1CCN(CC(=O)O)CCN(CC(=O)O)CCN(CC(=O)NC(CS(O)(O)O)C(=O)NC(CS(=O)O)C(=O)NCCNC(=O)CCCOc2cc(C)c(S(=O)[O-])c(C)c2)CC1. The van der Waals surface area contributed by atoms with Crippen molar-refractivity contribution in [3.8, 4) is 5.75 Å². The zero-order valence-electron chi connectivity index (χ0n) is 35.5. The Morgan fingerprint density at radius 1 is 0.746 bits per heavy atom. The Hall–Kier alpha value is -3.87. The predicted octanol–water partition coefficient (Wildman–Crippen LogP) is -2.24. The summed E-state index contributed by atoms with van der Waals surface area (Å²) in [5, 5.41) is 28.3. The number of aryl methyl sites for hydroxylation is 2. The second-order valence-corrected chi connectivity index (χ2v) is 18.2. The van der Waals surface area contributed by atoms with E-state index in [-0.39, 0.29) is 83.4 Å². The average molecular weight is 958 g/mol. The Labute approximate surface area is 372 Å². The van der Waals surface area contributed by atoms with Gasteiger partial charge in [0.15, 0.2) is 11.1 Å². The molecule has 1 aliphatic heterocycles. The van der Waals surface area contributed by atoms with Crippen LogP contribution < -0.4 is 26.0 Å². The van der Waals surface area contributed by atoms with Crippen molar-refractivity contribution in [1.82, 2.24) is 40.9 Å². The summed E-state index contributed by atoms with van der Waals surface area (Å²) in [7, 11) is -4.43. The molecule has 27 heteroatoms. The quantitative estimate of drug-likeness (QED) is 0.0387. The third kappa shape index (κ3) is 23.1. The van der Waals surface area contributed by atoms with Crippen LogP contribution in [0.15, 0.2) is 17.0 Å². The minimum absolute atomic E-state index is 0.0427. The Kier molecular flexibility index (Phi) is 24.7. The number of carbonyl (C=O) groups is 6. The highest BCUT2D eigenvalue weighted by Gasteiger charge is 2.32. The molecule has 1 aliphatic rings. The second kappa shape index (κ2) is 28.1. The molecule has 0 bridgehead atoms. The maximum absolute atomic E-state index is 13.4. The monoisotopic (exact) mass is 957 g/mol. The number of aliphatic carboxylic acids is 2. The summed E-state index contributed by atoms with van der Waals surface area (Å²) in [6.07, 6.45) is 0.344. The van der Waals surface area contributed by atoms with Gasteiger partial charge >= 0.3 is 11.9 Å². The first-order valence-corrected chi connectivity index (χ1v) is 23.9. The van der Waals surface area contributed by atoms with Crippen molar-refractivity contribution >= 4 is 68.6 Å². The fourth-order valence-electron chi connectivity index (χ4n) is 6.48. The van der Waals surface area contributed by atoms with Gasteiger partial charge < -0.3 is 63.9 Å². The van der Waals surface area contributed by atoms with Gasteiger partial charge in [0, 0.05) is 76.8 Å². The summed E-state index contributed by atoms with van der Waals surface area (Å²) >= 11 is -5.03. The van der Waals surface area contributed by atoms with Gasteiger partial charge in [0.2, 0.25) is 23.6 Å². The lowest BCUT2D eigenvalue weighted by Crippen LogP contribution is -2.58. The number of carboxylic acids is 2. The van der Waals surface area contributed by atoms with Crippen LogP contribution >= 0.6 is 10.9 Å². The average Bonchev–Trinajstić information content (AvgIpc) is 3.16. The van der Waals surface area contributed by atoms with Gasteiger partial charge in [-0.2, -0.15) is 0 Å². The molecule has 360 valence electrons. The lowest BCUT2D eigenvalue weighted by atomic mass is 10.1. The van der Waals surface area contributed by atoms with Crippen molar-refractivity contribution in [1.29, 1.82) is 0 Å². The molecule has 4 unspecified atom stereocenters. The predicted molar refractivity (Wildman–Crippen MR) is 230 cm³/mol. The zero-order valence-corrected chi connectivity index (χ0v) is 38.0. The fraction of sp³-hybridized carbons (Fsp3) is 0.667. The highest BCUT2D eigenvalue weighted by atomic mass is 32.3. The van der Waals surface area contributed by atoms with Crippen LogP contribution in [0.4, 0.5) is 0 Å². The topological polar surface area (TPSA) is 351 Å². The van der Waals surface area contributed by atoms with E-state index in [2.05, 4.69) is 21.3 Å². The minimum Gasteiger partial charge on any atom is -0.768 e. The Morgan fingerprint density at radius 2 is 1.24 bits per heavy atom. The van der Waals surface area contributed by atoms with E-state index in [1.54, 1.807) is 40.7 Å². The molecule has 1 heterocycles. The van der Waals surface area contributed by atoms with Gasteiger partial charge in [-0.3, -0.25) is 47.7 Å². The normalized spacial score (nSPS) is 17.5. The van der Waals surface area contributed by atoms with Crippen LogP contribution in [0.25, 0.3) is 0 Å². The molecule has 0 aromatic heterocycles. The molecular formula is C36H61N8O16S3-. The van der Waals surface area contributed by atoms with Gasteiger partial charge in [0.1, 0.15) is 17.8 Å². The van der Waals surface area contributed by atoms with Gasteiger partial charge in [-0.25, -0.2) is 4.21 Å². The smallest absolute Gasteiger partial charge is 0.317 e. The van der Waals surface area contributed by atoms with Gasteiger partial charge in [-0.05, 0) is 61.2 Å². The Balaban J connectivity index is 2.01. The van der Waals surface area contributed by atoms with Crippen LogP contribution in [-0.4, -0.2) is 218 Å². The maximum atomic E-state index is 13.4. The van der Waals surface area contributed by atoms with Crippen LogP contribution in [0.5, 0.6) is 5.75 Å². The van der Waals surface area contributed by atoms with E-state index in [1.165, 1.54) is 0 Å². The fourth-order valence-corrected chi connectivity index (χ4v) is 8.32. The van der Waals surface area contributed by atoms with Crippen LogP contribution in [-0.2, 0) is 50.9 Å². The molecule has 63 heavy (non-hydrogen) atoms. The first-order valence-electron chi connectivity index (χ1n) is 19.9. The Morgan fingerprint density at radius 3 is 1.70 bits per heavy atom. The van der Waals surface area contributed by atoms with Crippen molar-refractivity contribution in [3.05, 3.63) is 23.3 Å². The summed E-state index contributed by atoms with van der Waals surface area (Å²) in [6.45, 7) is 7.10. The van der Waals surface area contributed by atoms with E-state index in [1.807, 2.05) is 11.8 Å². The molecule has 4 amide bonds. The lowest BCUT2D eigenvalue weighted by Gasteiger charge is -2.33. The molecule has 0 saturated carbocycles. The highest BCUT2D eigenvalue weighted by molar-refractivity contribution is 8.19.